The number of sulfonamides is 1. The zero-order chi connectivity index (χ0) is 30.3. The second-order valence-electron chi connectivity index (χ2n) is 10.7. The maximum atomic E-state index is 13.7. The minimum Gasteiger partial charge on any atom is -0.497 e. The van der Waals surface area contributed by atoms with Gasteiger partial charge in [-0.1, -0.05) is 6.07 Å². The van der Waals surface area contributed by atoms with Crippen LogP contribution in [0.4, 0.5) is 25.8 Å². The molecule has 3 aromatic carbocycles. The van der Waals surface area contributed by atoms with Crippen LogP contribution in [0.5, 0.6) is 5.75 Å². The normalized spacial score (nSPS) is 17.6. The molecule has 6 rings (SSSR count). The van der Waals surface area contributed by atoms with E-state index in [9.17, 15) is 26.8 Å². The van der Waals surface area contributed by atoms with Gasteiger partial charge in [0.1, 0.15) is 5.75 Å². The van der Waals surface area contributed by atoms with Crippen molar-refractivity contribution in [3.63, 3.8) is 0 Å². The summed E-state index contributed by atoms with van der Waals surface area (Å²) in [5, 5.41) is 2.53. The number of methoxy groups -OCH3 is 1. The number of pyridine rings is 1. The van der Waals surface area contributed by atoms with Crippen LogP contribution in [0.3, 0.4) is 0 Å². The smallest absolute Gasteiger partial charge is 0.261 e. The lowest BCUT2D eigenvalue weighted by molar-refractivity contribution is 0.102. The first-order chi connectivity index (χ1) is 20.6. The minimum absolute atomic E-state index is 0.000270. The number of benzene rings is 3. The Morgan fingerprint density at radius 3 is 2.47 bits per heavy atom. The number of aromatic nitrogens is 1. The van der Waals surface area contributed by atoms with Crippen LogP contribution < -0.4 is 25.2 Å². The third-order valence-corrected chi connectivity index (χ3v) is 9.25. The summed E-state index contributed by atoms with van der Waals surface area (Å²) in [5.74, 6) is -2.07. The SMILES string of the molecule is COc1ccc(S(=O)(=O)Nc2cc(C(=O)Nc3ccc(F)c(F)c3)ccc2N2C[C@H]3C[C@@H](C2)c2cccc(=O)n2C3)cc1. The Labute approximate surface area is 246 Å². The van der Waals surface area contributed by atoms with Crippen LogP contribution in [0.2, 0.25) is 0 Å². The molecule has 3 heterocycles. The summed E-state index contributed by atoms with van der Waals surface area (Å²) in [6.45, 7) is 1.68. The number of piperidine rings is 1. The van der Waals surface area contributed by atoms with Gasteiger partial charge in [0.2, 0.25) is 0 Å². The number of amides is 1. The van der Waals surface area contributed by atoms with E-state index in [4.69, 9.17) is 4.74 Å². The van der Waals surface area contributed by atoms with E-state index >= 15 is 0 Å². The number of carbonyl (C=O) groups excluding carboxylic acids is 1. The molecule has 1 fully saturated rings. The lowest BCUT2D eigenvalue weighted by atomic mass is 9.83. The first-order valence-corrected chi connectivity index (χ1v) is 15.1. The molecule has 222 valence electrons. The van der Waals surface area contributed by atoms with Crippen LogP contribution in [-0.2, 0) is 16.6 Å². The van der Waals surface area contributed by atoms with Gasteiger partial charge in [-0.15, -0.1) is 0 Å². The zero-order valence-electron chi connectivity index (χ0n) is 23.1. The van der Waals surface area contributed by atoms with Crippen LogP contribution in [0.25, 0.3) is 0 Å². The van der Waals surface area contributed by atoms with E-state index in [0.29, 0.717) is 31.1 Å². The predicted octanol–water partition coefficient (Wildman–Crippen LogP) is 4.81. The van der Waals surface area contributed by atoms with Crippen LogP contribution >= 0.6 is 0 Å². The number of nitrogens with zero attached hydrogens (tertiary/aromatic N) is 2. The molecular formula is C31H28F2N4O5S. The van der Waals surface area contributed by atoms with Crippen molar-refractivity contribution in [2.75, 3.05) is 35.1 Å². The van der Waals surface area contributed by atoms with Gasteiger partial charge in [-0.3, -0.25) is 14.3 Å². The maximum Gasteiger partial charge on any atom is 0.261 e. The molecule has 0 saturated carbocycles. The molecule has 12 heteroatoms. The number of anilines is 3. The van der Waals surface area contributed by atoms with E-state index in [1.807, 2.05) is 10.6 Å². The zero-order valence-corrected chi connectivity index (χ0v) is 23.9. The van der Waals surface area contributed by atoms with Gasteiger partial charge in [0.15, 0.2) is 11.6 Å². The third kappa shape index (κ3) is 5.70. The second-order valence-corrected chi connectivity index (χ2v) is 12.4. The predicted molar refractivity (Wildman–Crippen MR) is 158 cm³/mol. The molecule has 0 spiro atoms. The molecule has 2 N–H and O–H groups in total. The van der Waals surface area contributed by atoms with E-state index in [0.717, 1.165) is 24.2 Å². The summed E-state index contributed by atoms with van der Waals surface area (Å²) in [6.07, 6.45) is 0.904. The summed E-state index contributed by atoms with van der Waals surface area (Å²) in [4.78, 5) is 27.7. The fourth-order valence-corrected chi connectivity index (χ4v) is 6.93. The number of hydrogen-bond acceptors (Lipinski definition) is 6. The molecule has 1 saturated heterocycles. The molecule has 1 amide bonds. The van der Waals surface area contributed by atoms with Crippen molar-refractivity contribution in [1.82, 2.24) is 4.57 Å². The summed E-state index contributed by atoms with van der Waals surface area (Å²) in [7, 11) is -2.60. The molecule has 0 unspecified atom stereocenters. The van der Waals surface area contributed by atoms with E-state index in [1.54, 1.807) is 24.3 Å². The fraction of sp³-hybridized carbons (Fsp3) is 0.226. The van der Waals surface area contributed by atoms with Crippen LogP contribution in [0.1, 0.15) is 28.4 Å². The van der Waals surface area contributed by atoms with Crippen molar-refractivity contribution >= 4 is 33.0 Å². The molecule has 2 atom stereocenters. The van der Waals surface area contributed by atoms with Gasteiger partial charge in [0.05, 0.1) is 23.4 Å². The van der Waals surface area contributed by atoms with Gasteiger partial charge in [-0.05, 0) is 73.0 Å². The molecule has 2 aliphatic heterocycles. The molecular weight excluding hydrogens is 578 g/mol. The Balaban J connectivity index is 1.35. The van der Waals surface area contributed by atoms with E-state index in [1.165, 1.54) is 43.5 Å². The highest BCUT2D eigenvalue weighted by atomic mass is 32.2. The standard InChI is InChI=1S/C31H28F2N4O5S/c1-42-23-7-9-24(10-8-23)43(40,41)35-27-14-20(31(39)34-22-6-11-25(32)26(33)15-22)5-12-29(27)36-16-19-13-21(18-36)28-3-2-4-30(38)37(28)17-19/h2-12,14-15,19,21,35H,13,16-18H2,1H3,(H,34,39)/t19-,21+/m1/s1. The average Bonchev–Trinajstić information content (AvgIpc) is 2.99. The first-order valence-electron chi connectivity index (χ1n) is 13.6. The number of hydrogen-bond donors (Lipinski definition) is 2. The molecule has 0 aliphatic carbocycles. The summed E-state index contributed by atoms with van der Waals surface area (Å²) >= 11 is 0. The molecule has 2 aliphatic rings. The number of nitrogens with one attached hydrogen (secondary N) is 2. The fourth-order valence-electron chi connectivity index (χ4n) is 5.86. The van der Waals surface area contributed by atoms with Crippen molar-refractivity contribution in [3.8, 4) is 5.75 Å². The van der Waals surface area contributed by atoms with Crippen molar-refractivity contribution < 1.29 is 26.7 Å². The van der Waals surface area contributed by atoms with Crippen LogP contribution in [-0.4, -0.2) is 39.1 Å². The Morgan fingerprint density at radius 1 is 0.930 bits per heavy atom. The topological polar surface area (TPSA) is 110 Å². The Kier molecular flexibility index (Phi) is 7.38. The molecule has 9 nitrogen and oxygen atoms in total. The van der Waals surface area contributed by atoms with E-state index in [-0.39, 0.29) is 39.2 Å². The Bertz CT molecular complexity index is 1880. The number of halogens is 2. The highest BCUT2D eigenvalue weighted by molar-refractivity contribution is 7.92. The van der Waals surface area contributed by atoms with Gasteiger partial charge >= 0.3 is 0 Å². The number of rotatable bonds is 7. The highest BCUT2D eigenvalue weighted by Crippen LogP contribution is 2.40. The minimum atomic E-state index is -4.08. The molecule has 4 aromatic rings. The molecule has 43 heavy (non-hydrogen) atoms. The lowest BCUT2D eigenvalue weighted by Crippen LogP contribution is -2.47. The van der Waals surface area contributed by atoms with E-state index < -0.39 is 27.6 Å². The van der Waals surface area contributed by atoms with Gasteiger partial charge in [0, 0.05) is 54.6 Å². The molecule has 2 bridgehead atoms. The number of carbonyl (C=O) groups is 1. The number of fused-ring (bicyclic) bond motifs is 4. The molecule has 0 radical (unpaired) electrons. The van der Waals surface area contributed by atoms with Crippen molar-refractivity contribution in [2.24, 2.45) is 5.92 Å². The monoisotopic (exact) mass is 606 g/mol. The van der Waals surface area contributed by atoms with Gasteiger partial charge in [-0.2, -0.15) is 0 Å². The van der Waals surface area contributed by atoms with Crippen LogP contribution in [0.15, 0.2) is 88.6 Å². The molecule has 1 aromatic heterocycles. The first kappa shape index (κ1) is 28.4. The van der Waals surface area contributed by atoms with Crippen molar-refractivity contribution in [3.05, 3.63) is 112 Å². The van der Waals surface area contributed by atoms with Crippen LogP contribution in [0, 0.1) is 17.6 Å². The Hall–Kier alpha value is -4.71. The maximum absolute atomic E-state index is 13.7. The van der Waals surface area contributed by atoms with E-state index in [2.05, 4.69) is 14.9 Å². The third-order valence-electron chi connectivity index (χ3n) is 7.87. The average molecular weight is 607 g/mol. The highest BCUT2D eigenvalue weighted by Gasteiger charge is 2.35. The summed E-state index contributed by atoms with van der Waals surface area (Å²) in [5.41, 5.74) is 1.81. The second kappa shape index (κ2) is 11.2. The van der Waals surface area contributed by atoms with Crippen molar-refractivity contribution in [1.29, 1.82) is 0 Å². The quantitative estimate of drug-likeness (QED) is 0.313. The van der Waals surface area contributed by atoms with Gasteiger partial charge < -0.3 is 19.5 Å². The largest absolute Gasteiger partial charge is 0.497 e. The lowest BCUT2D eigenvalue weighted by Gasteiger charge is -2.44. The van der Waals surface area contributed by atoms with Gasteiger partial charge in [-0.25, -0.2) is 17.2 Å². The number of ether oxygens (including phenoxy) is 1. The van der Waals surface area contributed by atoms with Crippen molar-refractivity contribution in [2.45, 2.75) is 23.8 Å². The Morgan fingerprint density at radius 2 is 1.72 bits per heavy atom. The summed E-state index contributed by atoms with van der Waals surface area (Å²) in [6, 6.07) is 18.8. The van der Waals surface area contributed by atoms with Gasteiger partial charge in [0.25, 0.3) is 21.5 Å². The summed E-state index contributed by atoms with van der Waals surface area (Å²) < 4.78 is 63.7.